The van der Waals surface area contributed by atoms with Crippen LogP contribution in [0.1, 0.15) is 17.2 Å². The number of fused-ring (bicyclic) bond motifs is 1. The number of hydrogen-bond acceptors (Lipinski definition) is 4. The molecule has 4 nitrogen and oxygen atoms in total. The van der Waals surface area contributed by atoms with Crippen LogP contribution in [0.4, 0.5) is 0 Å². The van der Waals surface area contributed by atoms with Crippen molar-refractivity contribution >= 4 is 0 Å². The quantitative estimate of drug-likeness (QED) is 0.873. The highest BCUT2D eigenvalue weighted by atomic mass is 16.5. The second-order valence-corrected chi connectivity index (χ2v) is 5.55. The molecule has 1 saturated heterocycles. The first kappa shape index (κ1) is 12.9. The van der Waals surface area contributed by atoms with E-state index < -0.39 is 0 Å². The van der Waals surface area contributed by atoms with Crippen molar-refractivity contribution in [2.24, 2.45) is 11.7 Å². The minimum atomic E-state index is 0.0755. The monoisotopic (exact) mass is 262 g/mol. The molecule has 0 amide bonds. The van der Waals surface area contributed by atoms with E-state index in [0.717, 1.165) is 44.2 Å². The summed E-state index contributed by atoms with van der Waals surface area (Å²) >= 11 is 0. The third-order valence-electron chi connectivity index (χ3n) is 4.08. The first-order valence-corrected chi connectivity index (χ1v) is 7.03. The average Bonchev–Trinajstić information content (AvgIpc) is 2.44. The molecule has 0 radical (unpaired) electrons. The second-order valence-electron chi connectivity index (χ2n) is 5.55. The van der Waals surface area contributed by atoms with Gasteiger partial charge in [0.1, 0.15) is 5.75 Å². The van der Waals surface area contributed by atoms with Crippen molar-refractivity contribution in [1.82, 2.24) is 4.90 Å². The number of ether oxygens (including phenoxy) is 2. The molecule has 2 N–H and O–H groups in total. The Labute approximate surface area is 114 Å². The summed E-state index contributed by atoms with van der Waals surface area (Å²) in [6, 6.07) is 6.35. The zero-order valence-electron chi connectivity index (χ0n) is 11.5. The molecule has 104 valence electrons. The second kappa shape index (κ2) is 5.49. The lowest BCUT2D eigenvalue weighted by molar-refractivity contribution is 0.0218. The Kier molecular flexibility index (Phi) is 3.73. The molecule has 1 aromatic rings. The van der Waals surface area contributed by atoms with E-state index in [0.29, 0.717) is 12.5 Å². The number of aryl methyl sites for hydroxylation is 1. The van der Waals surface area contributed by atoms with E-state index in [-0.39, 0.29) is 6.04 Å². The Bertz CT molecular complexity index is 444. The first-order valence-electron chi connectivity index (χ1n) is 7.03. The molecule has 2 unspecified atom stereocenters. The van der Waals surface area contributed by atoms with Gasteiger partial charge in [0, 0.05) is 37.2 Å². The van der Waals surface area contributed by atoms with E-state index in [2.05, 4.69) is 24.0 Å². The van der Waals surface area contributed by atoms with Crippen molar-refractivity contribution in [2.45, 2.75) is 13.0 Å². The molecule has 0 aromatic heterocycles. The lowest BCUT2D eigenvalue weighted by Crippen LogP contribution is -2.44. The van der Waals surface area contributed by atoms with Crippen LogP contribution in [0, 0.1) is 12.8 Å². The van der Waals surface area contributed by atoms with Gasteiger partial charge in [-0.25, -0.2) is 0 Å². The van der Waals surface area contributed by atoms with E-state index in [1.54, 1.807) is 0 Å². The zero-order chi connectivity index (χ0) is 13.2. The fourth-order valence-electron chi connectivity index (χ4n) is 2.90. The Morgan fingerprint density at radius 2 is 2.11 bits per heavy atom. The van der Waals surface area contributed by atoms with Crippen LogP contribution in [-0.2, 0) is 4.74 Å². The molecule has 3 rings (SSSR count). The molecule has 2 aliphatic rings. The average molecular weight is 262 g/mol. The number of hydrogen-bond donors (Lipinski definition) is 1. The van der Waals surface area contributed by atoms with Crippen LogP contribution in [0.25, 0.3) is 0 Å². The summed E-state index contributed by atoms with van der Waals surface area (Å²) in [7, 11) is 0. The van der Waals surface area contributed by atoms with Crippen molar-refractivity contribution < 1.29 is 9.47 Å². The normalized spacial score (nSPS) is 27.7. The van der Waals surface area contributed by atoms with E-state index in [1.165, 1.54) is 5.56 Å². The summed E-state index contributed by atoms with van der Waals surface area (Å²) in [6.45, 7) is 7.48. The predicted molar refractivity (Wildman–Crippen MR) is 74.4 cm³/mol. The van der Waals surface area contributed by atoms with Gasteiger partial charge in [0.25, 0.3) is 0 Å². The van der Waals surface area contributed by atoms with Gasteiger partial charge >= 0.3 is 0 Å². The van der Waals surface area contributed by atoms with Gasteiger partial charge in [-0.2, -0.15) is 0 Å². The molecular weight excluding hydrogens is 240 g/mol. The minimum Gasteiger partial charge on any atom is -0.493 e. The third-order valence-corrected chi connectivity index (χ3v) is 4.08. The molecule has 1 aromatic carbocycles. The maximum Gasteiger partial charge on any atom is 0.124 e. The molecule has 19 heavy (non-hydrogen) atoms. The zero-order valence-corrected chi connectivity index (χ0v) is 11.5. The SMILES string of the molecule is Cc1ccc2c(c1)C(N)C(CN1CCOCC1)CO2. The maximum atomic E-state index is 6.44. The van der Waals surface area contributed by atoms with Crippen LogP contribution in [-0.4, -0.2) is 44.4 Å². The fraction of sp³-hybridized carbons (Fsp3) is 0.600. The van der Waals surface area contributed by atoms with Crippen molar-refractivity contribution in [1.29, 1.82) is 0 Å². The van der Waals surface area contributed by atoms with E-state index in [4.69, 9.17) is 15.2 Å². The summed E-state index contributed by atoms with van der Waals surface area (Å²) in [5, 5.41) is 0. The van der Waals surface area contributed by atoms with Crippen LogP contribution in [0.2, 0.25) is 0 Å². The topological polar surface area (TPSA) is 47.7 Å². The summed E-state index contributed by atoms with van der Waals surface area (Å²) in [5.41, 5.74) is 8.84. The van der Waals surface area contributed by atoms with Crippen molar-refractivity contribution in [3.05, 3.63) is 29.3 Å². The number of rotatable bonds is 2. The molecular formula is C15H22N2O2. The maximum absolute atomic E-state index is 6.44. The van der Waals surface area contributed by atoms with Crippen molar-refractivity contribution in [3.8, 4) is 5.75 Å². The standard InChI is InChI=1S/C15H22N2O2/c1-11-2-3-14-13(8-11)15(16)12(10-19-14)9-17-4-6-18-7-5-17/h2-3,8,12,15H,4-7,9-10,16H2,1H3. The molecule has 4 heteroatoms. The van der Waals surface area contributed by atoms with Crippen molar-refractivity contribution in [3.63, 3.8) is 0 Å². The van der Waals surface area contributed by atoms with Gasteiger partial charge < -0.3 is 15.2 Å². The lowest BCUT2D eigenvalue weighted by atomic mass is 9.90. The largest absolute Gasteiger partial charge is 0.493 e. The molecule has 2 heterocycles. The number of morpholine rings is 1. The summed E-state index contributed by atoms with van der Waals surface area (Å²) in [4.78, 5) is 2.43. The first-order chi connectivity index (χ1) is 9.24. The summed E-state index contributed by atoms with van der Waals surface area (Å²) in [5.74, 6) is 1.32. The molecule has 0 spiro atoms. The Balaban J connectivity index is 1.71. The van der Waals surface area contributed by atoms with Gasteiger partial charge in [0.15, 0.2) is 0 Å². The molecule has 1 fully saturated rings. The van der Waals surface area contributed by atoms with Crippen LogP contribution < -0.4 is 10.5 Å². The van der Waals surface area contributed by atoms with Crippen LogP contribution >= 0.6 is 0 Å². The lowest BCUT2D eigenvalue weighted by Gasteiger charge is -2.36. The third kappa shape index (κ3) is 2.76. The Hall–Kier alpha value is -1.10. The Morgan fingerprint density at radius 1 is 1.32 bits per heavy atom. The minimum absolute atomic E-state index is 0.0755. The van der Waals surface area contributed by atoms with Gasteiger partial charge in [-0.15, -0.1) is 0 Å². The highest BCUT2D eigenvalue weighted by molar-refractivity contribution is 5.40. The Morgan fingerprint density at radius 3 is 2.89 bits per heavy atom. The smallest absolute Gasteiger partial charge is 0.124 e. The molecule has 0 aliphatic carbocycles. The van der Waals surface area contributed by atoms with Crippen LogP contribution in [0.5, 0.6) is 5.75 Å². The summed E-state index contributed by atoms with van der Waals surface area (Å²) < 4.78 is 11.2. The highest BCUT2D eigenvalue weighted by Crippen LogP contribution is 2.34. The van der Waals surface area contributed by atoms with Crippen LogP contribution in [0.15, 0.2) is 18.2 Å². The highest BCUT2D eigenvalue weighted by Gasteiger charge is 2.30. The molecule has 2 atom stereocenters. The van der Waals surface area contributed by atoms with Crippen molar-refractivity contribution in [2.75, 3.05) is 39.5 Å². The number of nitrogens with zero attached hydrogens (tertiary/aromatic N) is 1. The molecule has 2 aliphatic heterocycles. The summed E-state index contributed by atoms with van der Waals surface area (Å²) in [6.07, 6.45) is 0. The van der Waals surface area contributed by atoms with Gasteiger partial charge in [0.2, 0.25) is 0 Å². The van der Waals surface area contributed by atoms with Gasteiger partial charge in [-0.1, -0.05) is 17.7 Å². The van der Waals surface area contributed by atoms with E-state index in [1.807, 2.05) is 6.07 Å². The van der Waals surface area contributed by atoms with Crippen LogP contribution in [0.3, 0.4) is 0 Å². The number of nitrogens with two attached hydrogens (primary N) is 1. The van der Waals surface area contributed by atoms with Gasteiger partial charge in [-0.05, 0) is 13.0 Å². The number of benzene rings is 1. The van der Waals surface area contributed by atoms with E-state index in [9.17, 15) is 0 Å². The van der Waals surface area contributed by atoms with E-state index >= 15 is 0 Å². The predicted octanol–water partition coefficient (Wildman–Crippen LogP) is 1.34. The molecule has 0 saturated carbocycles. The fourth-order valence-corrected chi connectivity index (χ4v) is 2.90. The van der Waals surface area contributed by atoms with Gasteiger partial charge in [-0.3, -0.25) is 4.90 Å². The van der Waals surface area contributed by atoms with Gasteiger partial charge in [0.05, 0.1) is 19.8 Å². The molecule has 0 bridgehead atoms.